The molecule has 104 valence electrons. The van der Waals surface area contributed by atoms with Gasteiger partial charge in [-0.15, -0.1) is 0 Å². The van der Waals surface area contributed by atoms with Crippen molar-refractivity contribution in [3.63, 3.8) is 0 Å². The molecule has 6 heteroatoms. The molecular weight excluding hydrogens is 330 g/mol. The normalized spacial score (nSPS) is 10.2. The van der Waals surface area contributed by atoms with Crippen LogP contribution in [0.4, 0.5) is 20.2 Å². The van der Waals surface area contributed by atoms with Gasteiger partial charge in [-0.3, -0.25) is 4.79 Å². The molecule has 0 unspecified atom stereocenters. The fourth-order valence-corrected chi connectivity index (χ4v) is 1.77. The summed E-state index contributed by atoms with van der Waals surface area (Å²) in [6.45, 7) is -0.0154. The maximum Gasteiger partial charge on any atom is 0.243 e. The summed E-state index contributed by atoms with van der Waals surface area (Å²) in [5.41, 5.74) is 1.00. The molecule has 2 rings (SSSR count). The lowest BCUT2D eigenvalue weighted by Gasteiger charge is -2.08. The average molecular weight is 341 g/mol. The molecule has 0 saturated heterocycles. The summed E-state index contributed by atoms with van der Waals surface area (Å²) in [6, 6.07) is 9.93. The quantitative estimate of drug-likeness (QED) is 0.889. The van der Waals surface area contributed by atoms with Crippen LogP contribution < -0.4 is 10.6 Å². The maximum absolute atomic E-state index is 13.3. The van der Waals surface area contributed by atoms with Crippen LogP contribution in [-0.4, -0.2) is 12.5 Å². The molecule has 20 heavy (non-hydrogen) atoms. The zero-order chi connectivity index (χ0) is 14.5. The van der Waals surface area contributed by atoms with E-state index < -0.39 is 5.82 Å². The smallest absolute Gasteiger partial charge is 0.243 e. The third-order valence-corrected chi connectivity index (χ3v) is 3.14. The first-order valence-corrected chi connectivity index (χ1v) is 6.58. The summed E-state index contributed by atoms with van der Waals surface area (Å²) in [7, 11) is 0. The van der Waals surface area contributed by atoms with Gasteiger partial charge < -0.3 is 10.6 Å². The van der Waals surface area contributed by atoms with Crippen molar-refractivity contribution in [2.45, 2.75) is 0 Å². The highest BCUT2D eigenvalue weighted by Crippen LogP contribution is 2.19. The Hall–Kier alpha value is -1.95. The average Bonchev–Trinajstić information content (AvgIpc) is 2.43. The number of hydrogen-bond acceptors (Lipinski definition) is 2. The first-order chi connectivity index (χ1) is 9.54. The second-order valence-corrected chi connectivity index (χ2v) is 4.89. The van der Waals surface area contributed by atoms with Gasteiger partial charge in [-0.25, -0.2) is 8.78 Å². The Morgan fingerprint density at radius 2 is 1.70 bits per heavy atom. The second kappa shape index (κ2) is 6.47. The van der Waals surface area contributed by atoms with Crippen molar-refractivity contribution < 1.29 is 13.6 Å². The molecule has 3 nitrogen and oxygen atoms in total. The van der Waals surface area contributed by atoms with E-state index in [1.54, 1.807) is 12.1 Å². The van der Waals surface area contributed by atoms with Crippen LogP contribution in [0.25, 0.3) is 0 Å². The van der Waals surface area contributed by atoms with Crippen LogP contribution in [0.1, 0.15) is 0 Å². The highest BCUT2D eigenvalue weighted by atomic mass is 79.9. The van der Waals surface area contributed by atoms with Crippen LogP contribution in [0, 0.1) is 11.6 Å². The Labute approximate surface area is 123 Å². The highest BCUT2D eigenvalue weighted by molar-refractivity contribution is 9.10. The number of hydrogen-bond donors (Lipinski definition) is 2. The molecular formula is C14H11BrF2N2O. The molecule has 0 bridgehead atoms. The van der Waals surface area contributed by atoms with Gasteiger partial charge in [0.25, 0.3) is 0 Å². The van der Waals surface area contributed by atoms with Crippen LogP contribution in [0.5, 0.6) is 0 Å². The van der Waals surface area contributed by atoms with Crippen LogP contribution in [0.2, 0.25) is 0 Å². The van der Waals surface area contributed by atoms with Gasteiger partial charge in [0.1, 0.15) is 11.6 Å². The molecule has 0 atom stereocenters. The molecule has 0 spiro atoms. The van der Waals surface area contributed by atoms with E-state index in [0.717, 1.165) is 0 Å². The molecule has 0 heterocycles. The number of carbonyl (C=O) groups is 1. The predicted molar refractivity (Wildman–Crippen MR) is 77.6 cm³/mol. The minimum absolute atomic E-state index is 0.0154. The number of halogens is 3. The van der Waals surface area contributed by atoms with Crippen LogP contribution >= 0.6 is 15.9 Å². The van der Waals surface area contributed by atoms with Crippen molar-refractivity contribution in [1.29, 1.82) is 0 Å². The number of anilines is 2. The van der Waals surface area contributed by atoms with Gasteiger partial charge in [-0.1, -0.05) is 0 Å². The van der Waals surface area contributed by atoms with Gasteiger partial charge in [0.15, 0.2) is 0 Å². The van der Waals surface area contributed by atoms with Crippen molar-refractivity contribution in [2.24, 2.45) is 0 Å². The van der Waals surface area contributed by atoms with Crippen molar-refractivity contribution in [3.8, 4) is 0 Å². The molecule has 0 fully saturated rings. The number of carbonyl (C=O) groups excluding carboxylic acids is 1. The van der Waals surface area contributed by atoms with Crippen molar-refractivity contribution in [2.75, 3.05) is 17.2 Å². The van der Waals surface area contributed by atoms with Crippen LogP contribution in [0.3, 0.4) is 0 Å². The van der Waals surface area contributed by atoms with E-state index in [1.165, 1.54) is 30.3 Å². The van der Waals surface area contributed by atoms with E-state index in [0.29, 0.717) is 15.8 Å². The summed E-state index contributed by atoms with van der Waals surface area (Å²) < 4.78 is 26.3. The zero-order valence-corrected chi connectivity index (χ0v) is 11.9. The van der Waals surface area contributed by atoms with E-state index in [4.69, 9.17) is 0 Å². The molecule has 0 aromatic heterocycles. The third-order valence-electron chi connectivity index (χ3n) is 2.50. The third kappa shape index (κ3) is 4.03. The molecule has 0 aliphatic rings. The van der Waals surface area contributed by atoms with Gasteiger partial charge in [-0.2, -0.15) is 0 Å². The summed E-state index contributed by atoms with van der Waals surface area (Å²) in [5.74, 6) is -1.08. The van der Waals surface area contributed by atoms with Crippen molar-refractivity contribution >= 4 is 33.2 Å². The van der Waals surface area contributed by atoms with Crippen LogP contribution in [0.15, 0.2) is 46.9 Å². The number of nitrogens with one attached hydrogen (secondary N) is 2. The molecule has 2 aromatic rings. The lowest BCUT2D eigenvalue weighted by Crippen LogP contribution is -2.21. The first-order valence-electron chi connectivity index (χ1n) is 5.79. The largest absolute Gasteiger partial charge is 0.376 e. The van der Waals surface area contributed by atoms with E-state index in [1.807, 2.05) is 0 Å². The van der Waals surface area contributed by atoms with Gasteiger partial charge in [0.2, 0.25) is 5.91 Å². The summed E-state index contributed by atoms with van der Waals surface area (Å²) in [6.07, 6.45) is 0. The van der Waals surface area contributed by atoms with Gasteiger partial charge in [-0.05, 0) is 58.4 Å². The standard InChI is InChI=1S/C14H11BrF2N2O/c15-12-6-5-11(7-13(12)17)18-8-14(20)19-10-3-1-9(16)2-4-10/h1-7,18H,8H2,(H,19,20). The monoisotopic (exact) mass is 340 g/mol. The number of rotatable bonds is 4. The van der Waals surface area contributed by atoms with E-state index in [9.17, 15) is 13.6 Å². The molecule has 1 amide bonds. The summed E-state index contributed by atoms with van der Waals surface area (Å²) >= 11 is 3.05. The van der Waals surface area contributed by atoms with Gasteiger partial charge >= 0.3 is 0 Å². The van der Waals surface area contributed by atoms with Gasteiger partial charge in [0.05, 0.1) is 11.0 Å². The van der Waals surface area contributed by atoms with E-state index in [-0.39, 0.29) is 18.3 Å². The number of amides is 1. The summed E-state index contributed by atoms with van der Waals surface area (Å²) in [4.78, 5) is 11.7. The lowest BCUT2D eigenvalue weighted by atomic mass is 10.3. The lowest BCUT2D eigenvalue weighted by molar-refractivity contribution is -0.114. The zero-order valence-electron chi connectivity index (χ0n) is 10.3. The Morgan fingerprint density at radius 1 is 1.05 bits per heavy atom. The molecule has 0 radical (unpaired) electrons. The fourth-order valence-electron chi connectivity index (χ4n) is 1.53. The minimum Gasteiger partial charge on any atom is -0.376 e. The Balaban J connectivity index is 1.88. The predicted octanol–water partition coefficient (Wildman–Crippen LogP) is 3.78. The van der Waals surface area contributed by atoms with Crippen molar-refractivity contribution in [1.82, 2.24) is 0 Å². The summed E-state index contributed by atoms with van der Waals surface area (Å²) in [5, 5.41) is 5.39. The number of benzene rings is 2. The highest BCUT2D eigenvalue weighted by Gasteiger charge is 2.04. The second-order valence-electron chi connectivity index (χ2n) is 4.04. The molecule has 2 N–H and O–H groups in total. The minimum atomic E-state index is -0.408. The van der Waals surface area contributed by atoms with E-state index >= 15 is 0 Å². The van der Waals surface area contributed by atoms with Crippen LogP contribution in [-0.2, 0) is 4.79 Å². The molecule has 0 aliphatic carbocycles. The van der Waals surface area contributed by atoms with E-state index in [2.05, 4.69) is 26.6 Å². The molecule has 0 saturated carbocycles. The molecule has 2 aromatic carbocycles. The topological polar surface area (TPSA) is 41.1 Å². The fraction of sp³-hybridized carbons (Fsp3) is 0.0714. The van der Waals surface area contributed by atoms with Crippen molar-refractivity contribution in [3.05, 3.63) is 58.6 Å². The molecule has 0 aliphatic heterocycles. The maximum atomic E-state index is 13.3. The first kappa shape index (κ1) is 14.5. The SMILES string of the molecule is O=C(CNc1ccc(Br)c(F)c1)Nc1ccc(F)cc1. The Morgan fingerprint density at radius 3 is 2.35 bits per heavy atom. The Bertz CT molecular complexity index is 617. The Kier molecular flexibility index (Phi) is 4.68. The van der Waals surface area contributed by atoms with Gasteiger partial charge in [0, 0.05) is 11.4 Å².